The van der Waals surface area contributed by atoms with E-state index in [1.54, 1.807) is 20.8 Å². The number of amides is 3. The third kappa shape index (κ3) is 6.61. The molecule has 3 amide bonds. The summed E-state index contributed by atoms with van der Waals surface area (Å²) in [5.74, 6) is -6.18. The van der Waals surface area contributed by atoms with E-state index in [0.717, 1.165) is 11.0 Å². The third-order valence-electron chi connectivity index (χ3n) is 2.84. The number of nitrogens with one attached hydrogen (secondary N) is 2. The molecule has 10 heteroatoms. The van der Waals surface area contributed by atoms with Crippen LogP contribution in [-0.2, 0) is 14.3 Å². The highest BCUT2D eigenvalue weighted by atomic mass is 19.2. The number of carbonyl (C=O) groups excluding carboxylic acids is 3. The van der Waals surface area contributed by atoms with Crippen LogP contribution in [0.2, 0.25) is 0 Å². The average molecular weight is 375 g/mol. The van der Waals surface area contributed by atoms with Gasteiger partial charge in [-0.1, -0.05) is 0 Å². The minimum atomic E-state index is -1.72. The topological polar surface area (TPSA) is 87.7 Å². The first-order valence-corrected chi connectivity index (χ1v) is 7.55. The molecule has 1 rings (SSSR count). The Balaban J connectivity index is 2.49. The Morgan fingerprint density at radius 1 is 1.08 bits per heavy atom. The Morgan fingerprint density at radius 3 is 2.27 bits per heavy atom. The molecular weight excluding hydrogens is 355 g/mol. The molecule has 0 aliphatic carbocycles. The second kappa shape index (κ2) is 8.54. The van der Waals surface area contributed by atoms with E-state index in [0.29, 0.717) is 6.07 Å². The monoisotopic (exact) mass is 375 g/mol. The molecule has 7 nitrogen and oxygen atoms in total. The molecule has 1 aromatic rings. The van der Waals surface area contributed by atoms with Gasteiger partial charge in [-0.3, -0.25) is 9.59 Å². The number of halogens is 3. The van der Waals surface area contributed by atoms with Crippen LogP contribution in [0.1, 0.15) is 20.8 Å². The van der Waals surface area contributed by atoms with Gasteiger partial charge in [-0.05, 0) is 32.9 Å². The van der Waals surface area contributed by atoms with Crippen LogP contribution in [0, 0.1) is 17.5 Å². The zero-order valence-electron chi connectivity index (χ0n) is 14.8. The van der Waals surface area contributed by atoms with Gasteiger partial charge < -0.3 is 20.3 Å². The van der Waals surface area contributed by atoms with Gasteiger partial charge in [0.1, 0.15) is 12.1 Å². The number of hydrogen-bond acceptors (Lipinski definition) is 4. The van der Waals surface area contributed by atoms with Gasteiger partial charge >= 0.3 is 6.09 Å². The summed E-state index contributed by atoms with van der Waals surface area (Å²) in [6.45, 7) is 4.07. The molecule has 0 bridgehead atoms. The van der Waals surface area contributed by atoms with Gasteiger partial charge in [0, 0.05) is 7.05 Å². The maximum atomic E-state index is 13.4. The van der Waals surface area contributed by atoms with Crippen molar-refractivity contribution in [3.05, 3.63) is 29.6 Å². The number of benzene rings is 1. The smallest absolute Gasteiger partial charge is 0.410 e. The molecule has 0 heterocycles. The number of rotatable bonds is 5. The van der Waals surface area contributed by atoms with Crippen molar-refractivity contribution in [1.29, 1.82) is 0 Å². The molecule has 144 valence electrons. The number of likely N-dealkylation sites (N-methyl/N-ethyl adjacent to an activating group) is 1. The predicted molar refractivity (Wildman–Crippen MR) is 86.8 cm³/mol. The lowest BCUT2D eigenvalue weighted by atomic mass is 10.2. The highest BCUT2D eigenvalue weighted by molar-refractivity contribution is 5.95. The fourth-order valence-corrected chi connectivity index (χ4v) is 1.67. The van der Waals surface area contributed by atoms with E-state index in [2.05, 4.69) is 5.32 Å². The van der Waals surface area contributed by atoms with Crippen molar-refractivity contribution < 1.29 is 32.3 Å². The van der Waals surface area contributed by atoms with Crippen LogP contribution >= 0.6 is 0 Å². The summed E-state index contributed by atoms with van der Waals surface area (Å²) < 4.78 is 44.4. The summed E-state index contributed by atoms with van der Waals surface area (Å²) in [5.41, 5.74) is -1.29. The van der Waals surface area contributed by atoms with Crippen LogP contribution in [-0.4, -0.2) is 48.5 Å². The van der Waals surface area contributed by atoms with E-state index < -0.39 is 53.2 Å². The number of anilines is 1. The lowest BCUT2D eigenvalue weighted by Crippen LogP contribution is -2.42. The molecule has 0 saturated carbocycles. The molecular formula is C16H20F3N3O4. The second-order valence-corrected chi connectivity index (χ2v) is 6.38. The zero-order valence-corrected chi connectivity index (χ0v) is 14.8. The summed E-state index contributed by atoms with van der Waals surface area (Å²) in [6.07, 6.45) is -0.721. The standard InChI is InChI=1S/C16H20F3N3O4/c1-16(2,3)26-15(25)22(4)8-12(24)20-7-11(23)21-10-6-5-9(17)13(18)14(10)19/h5-6H,7-8H2,1-4H3,(H,20,24)(H,21,23). The lowest BCUT2D eigenvalue weighted by Gasteiger charge is -2.24. The van der Waals surface area contributed by atoms with Gasteiger partial charge in [-0.15, -0.1) is 0 Å². The molecule has 0 unspecified atom stereocenters. The van der Waals surface area contributed by atoms with Crippen molar-refractivity contribution in [3.8, 4) is 0 Å². The van der Waals surface area contributed by atoms with E-state index in [9.17, 15) is 27.6 Å². The first-order valence-electron chi connectivity index (χ1n) is 7.55. The van der Waals surface area contributed by atoms with Crippen molar-refractivity contribution in [2.24, 2.45) is 0 Å². The lowest BCUT2D eigenvalue weighted by molar-refractivity contribution is -0.124. The van der Waals surface area contributed by atoms with E-state index in [1.165, 1.54) is 7.05 Å². The number of nitrogens with zero attached hydrogens (tertiary/aromatic N) is 1. The first-order chi connectivity index (χ1) is 11.9. The largest absolute Gasteiger partial charge is 0.444 e. The van der Waals surface area contributed by atoms with E-state index in [4.69, 9.17) is 4.74 Å². The Bertz CT molecular complexity index is 705. The molecule has 0 spiro atoms. The maximum absolute atomic E-state index is 13.4. The molecule has 1 aromatic carbocycles. The molecule has 26 heavy (non-hydrogen) atoms. The van der Waals surface area contributed by atoms with Gasteiger partial charge in [0.2, 0.25) is 11.8 Å². The van der Waals surface area contributed by atoms with Crippen LogP contribution in [0.15, 0.2) is 12.1 Å². The molecule has 0 aliphatic heterocycles. The molecule has 0 radical (unpaired) electrons. The van der Waals surface area contributed by atoms with Gasteiger partial charge in [0.15, 0.2) is 17.5 Å². The van der Waals surface area contributed by atoms with Crippen molar-refractivity contribution in [1.82, 2.24) is 10.2 Å². The first kappa shape index (κ1) is 21.3. The summed E-state index contributed by atoms with van der Waals surface area (Å²) in [6, 6.07) is 1.51. The van der Waals surface area contributed by atoms with Gasteiger partial charge in [-0.25, -0.2) is 18.0 Å². The summed E-state index contributed by atoms with van der Waals surface area (Å²) >= 11 is 0. The molecule has 0 aromatic heterocycles. The highest BCUT2D eigenvalue weighted by Crippen LogP contribution is 2.19. The molecule has 2 N–H and O–H groups in total. The Hall–Kier alpha value is -2.78. The van der Waals surface area contributed by atoms with Crippen LogP contribution in [0.5, 0.6) is 0 Å². The molecule has 0 fully saturated rings. The SMILES string of the molecule is CN(CC(=O)NCC(=O)Nc1ccc(F)c(F)c1F)C(=O)OC(C)(C)C. The summed E-state index contributed by atoms with van der Waals surface area (Å²) in [4.78, 5) is 36.1. The fraction of sp³-hybridized carbons (Fsp3) is 0.438. The average Bonchev–Trinajstić information content (AvgIpc) is 2.52. The Labute approximate surface area is 148 Å². The van der Waals surface area contributed by atoms with E-state index in [-0.39, 0.29) is 6.54 Å². The van der Waals surface area contributed by atoms with Crippen molar-refractivity contribution in [2.45, 2.75) is 26.4 Å². The molecule has 0 saturated heterocycles. The summed E-state index contributed by atoms with van der Waals surface area (Å²) in [5, 5.41) is 4.21. The van der Waals surface area contributed by atoms with Crippen LogP contribution in [0.25, 0.3) is 0 Å². The third-order valence-corrected chi connectivity index (χ3v) is 2.84. The Kier molecular flexibility index (Phi) is 6.99. The van der Waals surface area contributed by atoms with Crippen molar-refractivity contribution in [2.75, 3.05) is 25.5 Å². The second-order valence-electron chi connectivity index (χ2n) is 6.38. The Morgan fingerprint density at radius 2 is 1.69 bits per heavy atom. The highest BCUT2D eigenvalue weighted by Gasteiger charge is 2.21. The minimum absolute atomic E-state index is 0.373. The predicted octanol–water partition coefficient (Wildman–Crippen LogP) is 2.03. The summed E-state index contributed by atoms with van der Waals surface area (Å²) in [7, 11) is 1.34. The fourth-order valence-electron chi connectivity index (χ4n) is 1.67. The number of hydrogen-bond donors (Lipinski definition) is 2. The van der Waals surface area contributed by atoms with Crippen LogP contribution in [0.4, 0.5) is 23.7 Å². The van der Waals surface area contributed by atoms with Crippen molar-refractivity contribution >= 4 is 23.6 Å². The van der Waals surface area contributed by atoms with Gasteiger partial charge in [0.05, 0.1) is 12.2 Å². The number of ether oxygens (including phenoxy) is 1. The van der Waals surface area contributed by atoms with Gasteiger partial charge in [0.25, 0.3) is 0 Å². The van der Waals surface area contributed by atoms with Gasteiger partial charge in [-0.2, -0.15) is 0 Å². The molecule has 0 aliphatic rings. The van der Waals surface area contributed by atoms with Crippen LogP contribution in [0.3, 0.4) is 0 Å². The molecule has 0 atom stereocenters. The quantitative estimate of drug-likeness (QED) is 0.771. The maximum Gasteiger partial charge on any atom is 0.410 e. The van der Waals surface area contributed by atoms with E-state index in [1.807, 2.05) is 5.32 Å². The number of carbonyl (C=O) groups is 3. The van der Waals surface area contributed by atoms with Crippen LogP contribution < -0.4 is 10.6 Å². The normalized spacial score (nSPS) is 10.9. The van der Waals surface area contributed by atoms with Crippen molar-refractivity contribution in [3.63, 3.8) is 0 Å². The minimum Gasteiger partial charge on any atom is -0.444 e. The van der Waals surface area contributed by atoms with E-state index >= 15 is 0 Å². The zero-order chi connectivity index (χ0) is 20.1.